The van der Waals surface area contributed by atoms with Gasteiger partial charge in [-0.2, -0.15) is 0 Å². The molecule has 1 aromatic heterocycles. The van der Waals surface area contributed by atoms with Crippen molar-refractivity contribution < 1.29 is 12.8 Å². The number of thiophene rings is 1. The van der Waals surface area contributed by atoms with Crippen LogP contribution in [0.25, 0.3) is 10.1 Å². The summed E-state index contributed by atoms with van der Waals surface area (Å²) < 4.78 is 41.3. The molecule has 4 nitrogen and oxygen atoms in total. The molecule has 3 N–H and O–H groups in total. The molecular formula is C14H11FN2O2S2. The standard InChI is InChI=1S/C14H11FN2O2S2/c15-10-6-11(16)8-13(7-10)21(18,19)17-12-1-2-14-9(5-12)3-4-20-14/h1-8,17H,16H2. The highest BCUT2D eigenvalue weighted by Crippen LogP contribution is 2.26. The Hall–Kier alpha value is -2.12. The van der Waals surface area contributed by atoms with Gasteiger partial charge >= 0.3 is 0 Å². The lowest BCUT2D eigenvalue weighted by molar-refractivity contribution is 0.595. The van der Waals surface area contributed by atoms with Gasteiger partial charge in [-0.3, -0.25) is 4.72 Å². The van der Waals surface area contributed by atoms with E-state index in [-0.39, 0.29) is 10.6 Å². The zero-order valence-electron chi connectivity index (χ0n) is 10.7. The zero-order chi connectivity index (χ0) is 15.0. The van der Waals surface area contributed by atoms with Gasteiger partial charge in [0.05, 0.1) is 4.90 Å². The molecule has 7 heteroatoms. The summed E-state index contributed by atoms with van der Waals surface area (Å²) in [6, 6.07) is 10.3. The minimum Gasteiger partial charge on any atom is -0.399 e. The third kappa shape index (κ3) is 2.84. The molecule has 3 rings (SSSR count). The number of hydrogen-bond donors (Lipinski definition) is 2. The second-order valence-corrected chi connectivity index (χ2v) is 7.13. The number of nitrogen functional groups attached to an aromatic ring is 1. The maximum Gasteiger partial charge on any atom is 0.262 e. The smallest absolute Gasteiger partial charge is 0.262 e. The zero-order valence-corrected chi connectivity index (χ0v) is 12.3. The van der Waals surface area contributed by atoms with Crippen molar-refractivity contribution in [3.05, 3.63) is 53.7 Å². The highest BCUT2D eigenvalue weighted by Gasteiger charge is 2.16. The molecule has 0 aliphatic rings. The Kier molecular flexibility index (Phi) is 3.30. The lowest BCUT2D eigenvalue weighted by atomic mass is 10.2. The van der Waals surface area contributed by atoms with Gasteiger partial charge in [0.1, 0.15) is 5.82 Å². The van der Waals surface area contributed by atoms with Gasteiger partial charge in [-0.05, 0) is 53.2 Å². The molecule has 1 heterocycles. The Morgan fingerprint density at radius 1 is 1.10 bits per heavy atom. The molecule has 0 atom stereocenters. The lowest BCUT2D eigenvalue weighted by Crippen LogP contribution is -2.13. The van der Waals surface area contributed by atoms with E-state index in [1.165, 1.54) is 6.07 Å². The minimum absolute atomic E-state index is 0.0589. The maximum absolute atomic E-state index is 13.3. The van der Waals surface area contributed by atoms with Crippen LogP contribution in [-0.2, 0) is 10.0 Å². The van der Waals surface area contributed by atoms with Crippen molar-refractivity contribution in [1.29, 1.82) is 0 Å². The van der Waals surface area contributed by atoms with Crippen LogP contribution in [0, 0.1) is 5.82 Å². The molecule has 0 unspecified atom stereocenters. The molecule has 0 aliphatic heterocycles. The van der Waals surface area contributed by atoms with E-state index in [0.29, 0.717) is 5.69 Å². The van der Waals surface area contributed by atoms with E-state index in [2.05, 4.69) is 4.72 Å². The molecule has 108 valence electrons. The fraction of sp³-hybridized carbons (Fsp3) is 0. The van der Waals surface area contributed by atoms with Crippen molar-refractivity contribution in [3.8, 4) is 0 Å². The van der Waals surface area contributed by atoms with Crippen LogP contribution in [0.15, 0.2) is 52.7 Å². The van der Waals surface area contributed by atoms with Crippen LogP contribution >= 0.6 is 11.3 Å². The van der Waals surface area contributed by atoms with Crippen LogP contribution in [0.3, 0.4) is 0 Å². The first-order valence-electron chi connectivity index (χ1n) is 6.00. The first kappa shape index (κ1) is 13.8. The fourth-order valence-corrected chi connectivity index (χ4v) is 3.87. The largest absolute Gasteiger partial charge is 0.399 e. The molecule has 2 aromatic carbocycles. The van der Waals surface area contributed by atoms with E-state index < -0.39 is 15.8 Å². The number of anilines is 2. The average Bonchev–Trinajstić information content (AvgIpc) is 2.84. The number of nitrogens with one attached hydrogen (secondary N) is 1. The van der Waals surface area contributed by atoms with Gasteiger partial charge in [0.2, 0.25) is 0 Å². The average molecular weight is 322 g/mol. The number of fused-ring (bicyclic) bond motifs is 1. The van der Waals surface area contributed by atoms with Gasteiger partial charge in [-0.1, -0.05) is 0 Å². The van der Waals surface area contributed by atoms with Crippen LogP contribution in [0.4, 0.5) is 15.8 Å². The quantitative estimate of drug-likeness (QED) is 0.726. The molecule has 0 amide bonds. The summed E-state index contributed by atoms with van der Waals surface area (Å²) in [5.74, 6) is -0.691. The monoisotopic (exact) mass is 322 g/mol. The molecule has 0 radical (unpaired) electrons. The number of hydrogen-bond acceptors (Lipinski definition) is 4. The molecule has 0 saturated heterocycles. The summed E-state index contributed by atoms with van der Waals surface area (Å²) >= 11 is 1.57. The minimum atomic E-state index is -3.88. The van der Waals surface area contributed by atoms with Crippen molar-refractivity contribution in [2.24, 2.45) is 0 Å². The maximum atomic E-state index is 13.3. The number of rotatable bonds is 3. The Morgan fingerprint density at radius 3 is 2.67 bits per heavy atom. The van der Waals surface area contributed by atoms with Crippen molar-refractivity contribution in [2.45, 2.75) is 4.90 Å². The molecule has 3 aromatic rings. The normalized spacial score (nSPS) is 11.7. The van der Waals surface area contributed by atoms with Gasteiger partial charge in [0.15, 0.2) is 0 Å². The first-order valence-corrected chi connectivity index (χ1v) is 8.36. The van der Waals surface area contributed by atoms with Gasteiger partial charge in [-0.15, -0.1) is 11.3 Å². The Morgan fingerprint density at radius 2 is 1.90 bits per heavy atom. The van der Waals surface area contributed by atoms with E-state index >= 15 is 0 Å². The third-order valence-electron chi connectivity index (χ3n) is 2.91. The molecule has 0 bridgehead atoms. The summed E-state index contributed by atoms with van der Waals surface area (Å²) in [5, 5.41) is 2.87. The molecule has 21 heavy (non-hydrogen) atoms. The van der Waals surface area contributed by atoms with E-state index in [1.807, 2.05) is 17.5 Å². The van der Waals surface area contributed by atoms with Gasteiger partial charge in [-0.25, -0.2) is 12.8 Å². The Balaban J connectivity index is 1.98. The topological polar surface area (TPSA) is 72.2 Å². The van der Waals surface area contributed by atoms with Crippen molar-refractivity contribution in [1.82, 2.24) is 0 Å². The van der Waals surface area contributed by atoms with Gasteiger partial charge < -0.3 is 5.73 Å². The lowest BCUT2D eigenvalue weighted by Gasteiger charge is -2.09. The van der Waals surface area contributed by atoms with Crippen LogP contribution in [0.5, 0.6) is 0 Å². The summed E-state index contributed by atoms with van der Waals surface area (Å²) in [7, 11) is -3.88. The predicted octanol–water partition coefficient (Wildman–Crippen LogP) is 3.42. The van der Waals surface area contributed by atoms with Crippen LogP contribution in [0.1, 0.15) is 0 Å². The molecule has 0 fully saturated rings. The number of benzene rings is 2. The predicted molar refractivity (Wildman–Crippen MR) is 83.4 cm³/mol. The summed E-state index contributed by atoms with van der Waals surface area (Å²) in [6.07, 6.45) is 0. The summed E-state index contributed by atoms with van der Waals surface area (Å²) in [4.78, 5) is -0.203. The molecule has 0 spiro atoms. The third-order valence-corrected chi connectivity index (χ3v) is 5.17. The van der Waals surface area contributed by atoms with Crippen molar-refractivity contribution in [2.75, 3.05) is 10.5 Å². The van der Waals surface area contributed by atoms with Crippen LogP contribution in [0.2, 0.25) is 0 Å². The van der Waals surface area contributed by atoms with E-state index in [0.717, 1.165) is 22.2 Å². The van der Waals surface area contributed by atoms with Gasteiger partial charge in [0, 0.05) is 16.1 Å². The Bertz CT molecular complexity index is 899. The van der Waals surface area contributed by atoms with Crippen LogP contribution in [-0.4, -0.2) is 8.42 Å². The number of nitrogens with two attached hydrogens (primary N) is 1. The molecular weight excluding hydrogens is 311 g/mol. The number of sulfonamides is 1. The Labute approximate surface area is 125 Å². The second-order valence-electron chi connectivity index (χ2n) is 4.50. The molecule has 0 aliphatic carbocycles. The van der Waals surface area contributed by atoms with Gasteiger partial charge in [0.25, 0.3) is 10.0 Å². The van der Waals surface area contributed by atoms with Crippen molar-refractivity contribution >= 4 is 42.8 Å². The SMILES string of the molecule is Nc1cc(F)cc(S(=O)(=O)Nc2ccc3sccc3c2)c1. The molecule has 0 saturated carbocycles. The second kappa shape index (κ2) is 5.01. The van der Waals surface area contributed by atoms with E-state index in [1.54, 1.807) is 23.5 Å². The van der Waals surface area contributed by atoms with Crippen molar-refractivity contribution in [3.63, 3.8) is 0 Å². The number of halogens is 1. The first-order chi connectivity index (χ1) is 9.94. The van der Waals surface area contributed by atoms with Crippen LogP contribution < -0.4 is 10.5 Å². The van der Waals surface area contributed by atoms with E-state index in [4.69, 9.17) is 5.73 Å². The summed E-state index contributed by atoms with van der Waals surface area (Å²) in [5.41, 5.74) is 5.96. The highest BCUT2D eigenvalue weighted by atomic mass is 32.2. The summed E-state index contributed by atoms with van der Waals surface area (Å²) in [6.45, 7) is 0. The fourth-order valence-electron chi connectivity index (χ4n) is 1.98. The highest BCUT2D eigenvalue weighted by molar-refractivity contribution is 7.92. The van der Waals surface area contributed by atoms with E-state index in [9.17, 15) is 12.8 Å².